The molecule has 0 saturated carbocycles. The van der Waals surface area contributed by atoms with E-state index in [9.17, 15) is 4.39 Å². The predicted molar refractivity (Wildman–Crippen MR) is 78.1 cm³/mol. The topological polar surface area (TPSA) is 35.2 Å². The summed E-state index contributed by atoms with van der Waals surface area (Å²) in [5, 5.41) is 0. The minimum absolute atomic E-state index is 0.267. The minimum Gasteiger partial charge on any atom is -0.494 e. The van der Waals surface area contributed by atoms with Crippen molar-refractivity contribution in [1.82, 2.24) is 0 Å². The first kappa shape index (κ1) is 13.7. The van der Waals surface area contributed by atoms with E-state index in [4.69, 9.17) is 10.5 Å². The van der Waals surface area contributed by atoms with Crippen molar-refractivity contribution < 1.29 is 9.13 Å². The van der Waals surface area contributed by atoms with Gasteiger partial charge in [0.15, 0.2) is 11.6 Å². The predicted octanol–water partition coefficient (Wildman–Crippen LogP) is 4.02. The van der Waals surface area contributed by atoms with Gasteiger partial charge in [0.2, 0.25) is 0 Å². The number of nitrogens with two attached hydrogens (primary N) is 1. The summed E-state index contributed by atoms with van der Waals surface area (Å²) in [6.45, 7) is 2.00. The number of thioether (sulfide) groups is 1. The van der Waals surface area contributed by atoms with E-state index < -0.39 is 0 Å². The summed E-state index contributed by atoms with van der Waals surface area (Å²) in [7, 11) is 1.46. The molecule has 0 unspecified atom stereocenters. The van der Waals surface area contributed by atoms with Gasteiger partial charge in [-0.3, -0.25) is 0 Å². The molecule has 0 spiro atoms. The van der Waals surface area contributed by atoms with Gasteiger partial charge in [0.05, 0.1) is 7.11 Å². The third-order valence-electron chi connectivity index (χ3n) is 2.78. The summed E-state index contributed by atoms with van der Waals surface area (Å²) in [6, 6.07) is 11.0. The zero-order valence-electron chi connectivity index (χ0n) is 10.9. The van der Waals surface area contributed by atoms with Crippen LogP contribution in [0.15, 0.2) is 41.3 Å². The van der Waals surface area contributed by atoms with Gasteiger partial charge in [-0.2, -0.15) is 0 Å². The highest BCUT2D eigenvalue weighted by Gasteiger charge is 2.05. The van der Waals surface area contributed by atoms with E-state index in [1.807, 2.05) is 31.2 Å². The Balaban J connectivity index is 2.08. The summed E-state index contributed by atoms with van der Waals surface area (Å²) in [4.78, 5) is 1.02. The number of methoxy groups -OCH3 is 1. The van der Waals surface area contributed by atoms with Crippen LogP contribution in [0.4, 0.5) is 10.1 Å². The fourth-order valence-electron chi connectivity index (χ4n) is 1.76. The Morgan fingerprint density at radius 1 is 1.21 bits per heavy atom. The molecule has 4 heteroatoms. The van der Waals surface area contributed by atoms with Gasteiger partial charge in [-0.15, -0.1) is 11.8 Å². The number of benzene rings is 2. The van der Waals surface area contributed by atoms with Crippen molar-refractivity contribution in [2.24, 2.45) is 0 Å². The lowest BCUT2D eigenvalue weighted by atomic mass is 10.2. The lowest BCUT2D eigenvalue weighted by Gasteiger charge is -2.08. The van der Waals surface area contributed by atoms with Crippen molar-refractivity contribution in [1.29, 1.82) is 0 Å². The molecule has 19 heavy (non-hydrogen) atoms. The van der Waals surface area contributed by atoms with E-state index in [1.54, 1.807) is 17.8 Å². The van der Waals surface area contributed by atoms with Crippen LogP contribution < -0.4 is 10.5 Å². The van der Waals surface area contributed by atoms with Gasteiger partial charge in [-0.25, -0.2) is 4.39 Å². The summed E-state index contributed by atoms with van der Waals surface area (Å²) >= 11 is 1.60. The number of anilines is 1. The maximum atomic E-state index is 13.5. The molecule has 0 heterocycles. The highest BCUT2D eigenvalue weighted by Crippen LogP contribution is 2.29. The molecular weight excluding hydrogens is 261 g/mol. The first-order valence-electron chi connectivity index (χ1n) is 5.91. The molecule has 0 saturated heterocycles. The van der Waals surface area contributed by atoms with Gasteiger partial charge in [0.1, 0.15) is 0 Å². The molecule has 0 bridgehead atoms. The number of rotatable bonds is 4. The molecule has 2 N–H and O–H groups in total. The van der Waals surface area contributed by atoms with E-state index in [2.05, 4.69) is 0 Å². The van der Waals surface area contributed by atoms with Crippen molar-refractivity contribution in [2.45, 2.75) is 17.6 Å². The number of ether oxygens (including phenoxy) is 1. The Morgan fingerprint density at radius 2 is 2.00 bits per heavy atom. The van der Waals surface area contributed by atoms with Gasteiger partial charge in [-0.1, -0.05) is 12.1 Å². The van der Waals surface area contributed by atoms with Crippen molar-refractivity contribution >= 4 is 17.4 Å². The lowest BCUT2D eigenvalue weighted by molar-refractivity contribution is 0.386. The number of aryl methyl sites for hydroxylation is 1. The van der Waals surface area contributed by atoms with E-state index in [-0.39, 0.29) is 11.6 Å². The molecule has 2 aromatic rings. The molecule has 2 aromatic carbocycles. The second-order valence-corrected chi connectivity index (χ2v) is 5.32. The van der Waals surface area contributed by atoms with Crippen LogP contribution in [0.5, 0.6) is 5.75 Å². The van der Waals surface area contributed by atoms with Crippen LogP contribution in [0.3, 0.4) is 0 Å². The van der Waals surface area contributed by atoms with Crippen LogP contribution in [0.2, 0.25) is 0 Å². The van der Waals surface area contributed by atoms with Crippen LogP contribution in [-0.2, 0) is 5.75 Å². The normalized spacial score (nSPS) is 10.5. The van der Waals surface area contributed by atoms with Gasteiger partial charge in [-0.05, 0) is 42.3 Å². The van der Waals surface area contributed by atoms with Crippen LogP contribution in [0.1, 0.15) is 11.1 Å². The molecule has 100 valence electrons. The summed E-state index contributed by atoms with van der Waals surface area (Å²) in [5.41, 5.74) is 8.75. The van der Waals surface area contributed by atoms with Gasteiger partial charge in [0, 0.05) is 16.3 Å². The van der Waals surface area contributed by atoms with E-state index in [1.165, 1.54) is 13.2 Å². The Bertz CT molecular complexity index is 586. The Labute approximate surface area is 116 Å². The zero-order chi connectivity index (χ0) is 13.8. The molecule has 2 nitrogen and oxygen atoms in total. The average molecular weight is 277 g/mol. The second kappa shape index (κ2) is 5.97. The lowest BCUT2D eigenvalue weighted by Crippen LogP contribution is -1.92. The summed E-state index contributed by atoms with van der Waals surface area (Å²) < 4.78 is 18.4. The van der Waals surface area contributed by atoms with Crippen molar-refractivity contribution in [3.05, 3.63) is 53.3 Å². The van der Waals surface area contributed by atoms with E-state index in [0.717, 1.165) is 21.7 Å². The van der Waals surface area contributed by atoms with Crippen LogP contribution >= 0.6 is 11.8 Å². The third-order valence-corrected chi connectivity index (χ3v) is 3.94. The molecule has 0 aliphatic heterocycles. The maximum Gasteiger partial charge on any atom is 0.165 e. The molecule has 2 rings (SSSR count). The van der Waals surface area contributed by atoms with E-state index in [0.29, 0.717) is 5.75 Å². The smallest absolute Gasteiger partial charge is 0.165 e. The van der Waals surface area contributed by atoms with Crippen LogP contribution in [-0.4, -0.2) is 7.11 Å². The molecule has 0 amide bonds. The monoisotopic (exact) mass is 277 g/mol. The number of hydrogen-bond acceptors (Lipinski definition) is 3. The number of hydrogen-bond donors (Lipinski definition) is 1. The Morgan fingerprint density at radius 3 is 2.63 bits per heavy atom. The highest BCUT2D eigenvalue weighted by molar-refractivity contribution is 7.98. The third kappa shape index (κ3) is 3.41. The standard InChI is InChI=1S/C15H16FNOS/c1-10-3-6-15(13(17)7-10)19-9-11-4-5-14(18-2)12(16)8-11/h3-8H,9,17H2,1-2H3. The zero-order valence-corrected chi connectivity index (χ0v) is 11.8. The highest BCUT2D eigenvalue weighted by atomic mass is 32.2. The molecule has 0 atom stereocenters. The quantitative estimate of drug-likeness (QED) is 0.677. The minimum atomic E-state index is -0.336. The SMILES string of the molecule is COc1ccc(CSc2ccc(C)cc2N)cc1F. The fraction of sp³-hybridized carbons (Fsp3) is 0.200. The number of nitrogen functional groups attached to an aromatic ring is 1. The average Bonchev–Trinajstić information content (AvgIpc) is 2.38. The van der Waals surface area contributed by atoms with Gasteiger partial charge in [0.25, 0.3) is 0 Å². The van der Waals surface area contributed by atoms with E-state index >= 15 is 0 Å². The fourth-order valence-corrected chi connectivity index (χ4v) is 2.65. The first-order chi connectivity index (χ1) is 9.10. The first-order valence-corrected chi connectivity index (χ1v) is 6.90. The van der Waals surface area contributed by atoms with Crippen LogP contribution in [0.25, 0.3) is 0 Å². The van der Waals surface area contributed by atoms with Crippen molar-refractivity contribution in [3.63, 3.8) is 0 Å². The molecule has 0 aliphatic carbocycles. The van der Waals surface area contributed by atoms with Crippen molar-refractivity contribution in [3.8, 4) is 5.75 Å². The van der Waals surface area contributed by atoms with Crippen LogP contribution in [0, 0.1) is 12.7 Å². The molecule has 0 radical (unpaired) electrons. The van der Waals surface area contributed by atoms with Gasteiger partial charge >= 0.3 is 0 Å². The molecule has 0 fully saturated rings. The second-order valence-electron chi connectivity index (χ2n) is 4.30. The Hall–Kier alpha value is -1.68. The summed E-state index contributed by atoms with van der Waals surface area (Å²) in [6.07, 6.45) is 0. The molecular formula is C15H16FNOS. The number of halogens is 1. The summed E-state index contributed by atoms with van der Waals surface area (Å²) in [5.74, 6) is 0.606. The van der Waals surface area contributed by atoms with Crippen molar-refractivity contribution in [2.75, 3.05) is 12.8 Å². The molecule has 0 aromatic heterocycles. The molecule has 0 aliphatic rings. The largest absolute Gasteiger partial charge is 0.494 e. The Kier molecular flexibility index (Phi) is 4.32. The maximum absolute atomic E-state index is 13.5. The van der Waals surface area contributed by atoms with Gasteiger partial charge < -0.3 is 10.5 Å².